The second-order valence-electron chi connectivity index (χ2n) is 4.55. The number of hydrogen-bond acceptors (Lipinski definition) is 1. The van der Waals surface area contributed by atoms with Crippen LogP contribution in [0.2, 0.25) is 13.1 Å². The molecule has 0 fully saturated rings. The molecule has 6 heteroatoms. The van der Waals surface area contributed by atoms with E-state index >= 15 is 0 Å². The van der Waals surface area contributed by atoms with Crippen molar-refractivity contribution >= 4 is 15.4 Å². The third kappa shape index (κ3) is 18.6. The summed E-state index contributed by atoms with van der Waals surface area (Å²) < 4.78 is 0. The molecule has 1 aliphatic rings. The van der Waals surface area contributed by atoms with Gasteiger partial charge in [-0.15, -0.1) is 6.92 Å². The van der Waals surface area contributed by atoms with Gasteiger partial charge in [-0.25, -0.2) is 5.57 Å². The topological polar surface area (TPSA) is 40.9 Å². The van der Waals surface area contributed by atoms with Crippen molar-refractivity contribution in [3.8, 4) is 0 Å². The van der Waals surface area contributed by atoms with E-state index in [9.17, 15) is 4.79 Å². The van der Waals surface area contributed by atoms with Gasteiger partial charge in [-0.05, 0) is 6.42 Å². The molecule has 1 rings (SSSR count). The summed E-state index contributed by atoms with van der Waals surface area (Å²) in [5.74, 6) is 0.0995. The number of rotatable bonds is 2. The zero-order valence-corrected chi connectivity index (χ0v) is 20.5. The molecule has 0 saturated carbocycles. The fourth-order valence-corrected chi connectivity index (χ4v) is 1.39. The molecule has 21 heavy (non-hydrogen) atoms. The third-order valence-electron chi connectivity index (χ3n) is 2.71. The van der Waals surface area contributed by atoms with Crippen LogP contribution in [0.15, 0.2) is 16.7 Å². The smallest absolute Gasteiger partial charge is 1.00 e. The molecule has 0 saturated heterocycles. The normalized spacial score (nSPS) is 14.8. The van der Waals surface area contributed by atoms with Gasteiger partial charge in [-0.2, -0.15) is 11.1 Å². The maximum absolute atomic E-state index is 9.71. The van der Waals surface area contributed by atoms with Crippen LogP contribution < -0.4 is 24.8 Å². The van der Waals surface area contributed by atoms with Gasteiger partial charge >= 0.3 is 25.8 Å². The minimum absolute atomic E-state index is 0. The molecule has 1 atom stereocenters. The molecule has 1 N–H and O–H groups in total. The van der Waals surface area contributed by atoms with Crippen molar-refractivity contribution in [1.29, 1.82) is 0 Å². The molecule has 0 aromatic carbocycles. The zero-order valence-electron chi connectivity index (χ0n) is 14.2. The first kappa shape index (κ1) is 33.3. The Labute approximate surface area is 165 Å². The van der Waals surface area contributed by atoms with Gasteiger partial charge in [-0.1, -0.05) is 53.1 Å². The second-order valence-corrected chi connectivity index (χ2v) is 5.70. The summed E-state index contributed by atoms with van der Waals surface area (Å²) in [6, 6.07) is 0. The molecular weight excluding hydrogens is 488 g/mol. The first-order valence-electron chi connectivity index (χ1n) is 6.57. The summed E-state index contributed by atoms with van der Waals surface area (Å²) >= 11 is 0. The van der Waals surface area contributed by atoms with Crippen LogP contribution in [-0.4, -0.2) is 15.4 Å². The SMILES string of the molecule is CC1=[C-]C(C)C(C)=C1C.CCCC([NH-])=O.C[SiH]C.[Cl-].[Cl-].[Hf+4]. The Balaban J connectivity index is -0.0000000637. The van der Waals surface area contributed by atoms with E-state index in [0.717, 1.165) is 15.9 Å². The van der Waals surface area contributed by atoms with Gasteiger partial charge in [0.2, 0.25) is 0 Å². The van der Waals surface area contributed by atoms with E-state index < -0.39 is 5.91 Å². The van der Waals surface area contributed by atoms with Crippen LogP contribution in [0.5, 0.6) is 0 Å². The van der Waals surface area contributed by atoms with Gasteiger partial charge in [0.1, 0.15) is 0 Å². The molecule has 0 aromatic rings. The van der Waals surface area contributed by atoms with Crippen LogP contribution >= 0.6 is 0 Å². The first-order valence-corrected chi connectivity index (χ1v) is 8.88. The molecule has 0 aliphatic heterocycles. The van der Waals surface area contributed by atoms with Crippen molar-refractivity contribution in [2.75, 3.05) is 0 Å². The summed E-state index contributed by atoms with van der Waals surface area (Å²) in [5, 5.41) is 0. The van der Waals surface area contributed by atoms with E-state index in [2.05, 4.69) is 46.9 Å². The van der Waals surface area contributed by atoms with E-state index in [1.165, 1.54) is 16.7 Å². The maximum Gasteiger partial charge on any atom is 4.00 e. The minimum atomic E-state index is -0.461. The fraction of sp³-hybridized carbons (Fsp3) is 0.667. The van der Waals surface area contributed by atoms with Crippen LogP contribution in [0.1, 0.15) is 47.5 Å². The molecule has 2 nitrogen and oxygen atoms in total. The van der Waals surface area contributed by atoms with Crippen LogP contribution in [0.4, 0.5) is 0 Å². The maximum atomic E-state index is 9.71. The number of carbonyl (C=O) groups excluding carboxylic acids is 1. The number of hydrogen-bond donors (Lipinski definition) is 0. The largest absolute Gasteiger partial charge is 4.00 e. The minimum Gasteiger partial charge on any atom is -1.00 e. The van der Waals surface area contributed by atoms with Crippen LogP contribution in [0.25, 0.3) is 5.73 Å². The molecule has 0 aromatic heterocycles. The molecule has 1 unspecified atom stereocenters. The Morgan fingerprint density at radius 1 is 1.24 bits per heavy atom. The molecule has 1 aliphatic carbocycles. The predicted molar refractivity (Wildman–Crippen MR) is 83.1 cm³/mol. The number of nitrogens with one attached hydrogen (secondary N) is 1. The van der Waals surface area contributed by atoms with Gasteiger partial charge in [0.15, 0.2) is 0 Å². The number of carbonyl (C=O) groups is 1. The molecular formula is C15H28Cl2HfNOSi. The fourth-order valence-electron chi connectivity index (χ4n) is 1.39. The first-order chi connectivity index (χ1) is 8.31. The van der Waals surface area contributed by atoms with Crippen molar-refractivity contribution in [2.24, 2.45) is 5.92 Å². The van der Waals surface area contributed by atoms with Crippen molar-refractivity contribution in [2.45, 2.75) is 60.6 Å². The quantitative estimate of drug-likeness (QED) is 0.330. The van der Waals surface area contributed by atoms with Crippen molar-refractivity contribution in [3.05, 3.63) is 28.5 Å². The van der Waals surface area contributed by atoms with Crippen LogP contribution in [0.3, 0.4) is 0 Å². The third-order valence-corrected chi connectivity index (χ3v) is 2.71. The molecule has 121 valence electrons. The Bertz CT molecular complexity index is 321. The van der Waals surface area contributed by atoms with Crippen LogP contribution in [0, 0.1) is 12.0 Å². The van der Waals surface area contributed by atoms with Crippen LogP contribution in [-0.2, 0) is 30.6 Å². The van der Waals surface area contributed by atoms with E-state index in [1.807, 2.05) is 6.92 Å². The predicted octanol–water partition coefficient (Wildman–Crippen LogP) is -1.39. The van der Waals surface area contributed by atoms with E-state index in [-0.39, 0.29) is 50.7 Å². The van der Waals surface area contributed by atoms with E-state index in [4.69, 9.17) is 5.73 Å². The van der Waals surface area contributed by atoms with Gasteiger partial charge in [0.05, 0.1) is 0 Å². The Morgan fingerprint density at radius 3 is 1.67 bits per heavy atom. The number of amides is 1. The summed E-state index contributed by atoms with van der Waals surface area (Å²) in [6.07, 6.45) is 4.56. The Morgan fingerprint density at radius 2 is 1.62 bits per heavy atom. The zero-order chi connectivity index (χ0) is 14.7. The monoisotopic (exact) mass is 516 g/mol. The average Bonchev–Trinajstić information content (AvgIpc) is 2.47. The summed E-state index contributed by atoms with van der Waals surface area (Å²) in [5.41, 5.74) is 10.6. The molecule has 1 amide bonds. The van der Waals surface area contributed by atoms with Gasteiger partial charge < -0.3 is 35.3 Å². The number of allylic oxidation sites excluding steroid dienone is 4. The Hall–Kier alpha value is 0.617. The van der Waals surface area contributed by atoms with Gasteiger partial charge in [0.25, 0.3) is 0 Å². The summed E-state index contributed by atoms with van der Waals surface area (Å²) in [6.45, 7) is 15.0. The van der Waals surface area contributed by atoms with Gasteiger partial charge in [-0.3, -0.25) is 6.08 Å². The van der Waals surface area contributed by atoms with Gasteiger partial charge in [0, 0.05) is 15.4 Å². The van der Waals surface area contributed by atoms with E-state index in [1.54, 1.807) is 0 Å². The molecule has 0 spiro atoms. The van der Waals surface area contributed by atoms with E-state index in [0.29, 0.717) is 12.3 Å². The Kier molecular flexibility index (Phi) is 32.7. The van der Waals surface area contributed by atoms with Crippen molar-refractivity contribution in [1.82, 2.24) is 0 Å². The molecule has 1 radical (unpaired) electrons. The summed E-state index contributed by atoms with van der Waals surface area (Å²) in [4.78, 5) is 9.71. The second kappa shape index (κ2) is 20.6. The van der Waals surface area contributed by atoms with Crippen molar-refractivity contribution in [3.63, 3.8) is 0 Å². The molecule has 0 heterocycles. The molecule has 0 bridgehead atoms. The van der Waals surface area contributed by atoms with Crippen molar-refractivity contribution < 1.29 is 55.5 Å². The average molecular weight is 516 g/mol. The standard InChI is InChI=1S/C9H13.C4H9NO.C2H7Si.2ClH.Hf/c1-6-5-7(2)9(4)8(6)3;1-2-3-4(5)6;1-3-2;;;/h6H,1-4H3;2-3H2,1H3,(H2,5,6);3H,1-2H3;2*1H;/q-1;;;;;+4/p-3. The summed E-state index contributed by atoms with van der Waals surface area (Å²) in [7, 11) is 0.750. The number of halogens is 2.